The SMILES string of the molecule is C[PH](c1ccccc1)(c1ccccc1)c1ccccc1.O=C(O)O. The smallest absolute Gasteiger partial charge is 0.450 e. The second-order valence-electron chi connectivity index (χ2n) is 5.51. The molecule has 0 radical (unpaired) electrons. The van der Waals surface area contributed by atoms with E-state index < -0.39 is 13.4 Å². The molecule has 0 aromatic heterocycles. The third-order valence-corrected chi connectivity index (χ3v) is 8.52. The van der Waals surface area contributed by atoms with Gasteiger partial charge in [0, 0.05) is 0 Å². The van der Waals surface area contributed by atoms with Crippen LogP contribution in [0.15, 0.2) is 91.0 Å². The topological polar surface area (TPSA) is 57.5 Å². The van der Waals surface area contributed by atoms with Crippen LogP contribution in [0.2, 0.25) is 0 Å². The summed E-state index contributed by atoms with van der Waals surface area (Å²) in [5.74, 6) is 0. The fraction of sp³-hybridized carbons (Fsp3) is 0.0500. The van der Waals surface area contributed by atoms with Crippen molar-refractivity contribution in [3.63, 3.8) is 0 Å². The summed E-state index contributed by atoms with van der Waals surface area (Å²) in [7, 11) is -1.88. The molecule has 3 aromatic rings. The molecule has 24 heavy (non-hydrogen) atoms. The van der Waals surface area contributed by atoms with Gasteiger partial charge < -0.3 is 10.2 Å². The van der Waals surface area contributed by atoms with Crippen LogP contribution in [0.3, 0.4) is 0 Å². The molecule has 0 bridgehead atoms. The Morgan fingerprint density at radius 3 is 1.04 bits per heavy atom. The predicted molar refractivity (Wildman–Crippen MR) is 103 cm³/mol. The molecule has 0 saturated carbocycles. The molecular weight excluding hydrogens is 319 g/mol. The van der Waals surface area contributed by atoms with Crippen LogP contribution in [0.25, 0.3) is 0 Å². The van der Waals surface area contributed by atoms with Gasteiger partial charge in [-0.05, 0) is 0 Å². The Morgan fingerprint density at radius 1 is 0.625 bits per heavy atom. The van der Waals surface area contributed by atoms with Gasteiger partial charge in [-0.3, -0.25) is 0 Å². The van der Waals surface area contributed by atoms with Crippen LogP contribution >= 0.6 is 7.26 Å². The number of benzene rings is 3. The summed E-state index contributed by atoms with van der Waals surface area (Å²) in [6, 6.07) is 32.8. The van der Waals surface area contributed by atoms with Gasteiger partial charge in [0.25, 0.3) is 0 Å². The molecule has 0 unspecified atom stereocenters. The summed E-state index contributed by atoms with van der Waals surface area (Å²) in [4.78, 5) is 8.56. The van der Waals surface area contributed by atoms with Crippen molar-refractivity contribution in [3.05, 3.63) is 91.0 Å². The Kier molecular flexibility index (Phi) is 6.11. The largest absolute Gasteiger partial charge is 0.503 e. The van der Waals surface area contributed by atoms with E-state index in [4.69, 9.17) is 15.0 Å². The molecule has 0 spiro atoms. The maximum Gasteiger partial charge on any atom is 0.503 e. The molecular formula is C20H21O3P. The second-order valence-corrected chi connectivity index (χ2v) is 9.49. The van der Waals surface area contributed by atoms with Crippen molar-refractivity contribution < 1.29 is 15.0 Å². The number of carboxylic acid groups (broad SMARTS) is 2. The molecule has 0 aliphatic heterocycles. The quantitative estimate of drug-likeness (QED) is 0.717. The second kappa shape index (κ2) is 8.28. The van der Waals surface area contributed by atoms with Crippen LogP contribution in [0.1, 0.15) is 0 Å². The van der Waals surface area contributed by atoms with E-state index in [-0.39, 0.29) is 0 Å². The minimum Gasteiger partial charge on any atom is -0.450 e. The molecule has 4 heteroatoms. The summed E-state index contributed by atoms with van der Waals surface area (Å²) in [6.07, 6.45) is -1.83. The zero-order valence-electron chi connectivity index (χ0n) is 13.5. The number of carbonyl (C=O) groups is 1. The van der Waals surface area contributed by atoms with Crippen LogP contribution in [-0.2, 0) is 0 Å². The molecule has 0 aliphatic rings. The molecule has 2 N–H and O–H groups in total. The van der Waals surface area contributed by atoms with Gasteiger partial charge in [-0.1, -0.05) is 0 Å². The Labute approximate surface area is 142 Å². The molecule has 124 valence electrons. The summed E-state index contributed by atoms with van der Waals surface area (Å²) in [6.45, 7) is 2.44. The van der Waals surface area contributed by atoms with Crippen LogP contribution < -0.4 is 15.9 Å². The van der Waals surface area contributed by atoms with Crippen LogP contribution in [-0.4, -0.2) is 23.0 Å². The fourth-order valence-electron chi connectivity index (χ4n) is 2.81. The standard InChI is InChI=1S/C19H19P.CH2O3/c1-20(17-11-5-2-6-12-17,18-13-7-3-8-14-18)19-15-9-4-10-16-19;2-1(3)4/h2-16,20H,1H3;(H2,2,3,4). The summed E-state index contributed by atoms with van der Waals surface area (Å²) in [5.41, 5.74) is 0. The van der Waals surface area contributed by atoms with Crippen LogP contribution in [0, 0.1) is 0 Å². The Morgan fingerprint density at radius 2 is 0.833 bits per heavy atom. The van der Waals surface area contributed by atoms with Crippen LogP contribution in [0.5, 0.6) is 0 Å². The molecule has 3 aromatic carbocycles. The van der Waals surface area contributed by atoms with E-state index in [9.17, 15) is 0 Å². The van der Waals surface area contributed by atoms with E-state index in [1.807, 2.05) is 0 Å². The van der Waals surface area contributed by atoms with Gasteiger partial charge >= 0.3 is 127 Å². The molecule has 0 atom stereocenters. The van der Waals surface area contributed by atoms with Gasteiger partial charge in [0.2, 0.25) is 0 Å². The fourth-order valence-corrected chi connectivity index (χ4v) is 6.39. The van der Waals surface area contributed by atoms with Gasteiger partial charge in [0.1, 0.15) is 0 Å². The normalized spacial score (nSPS) is 11.0. The first-order chi connectivity index (χ1) is 11.5. The summed E-state index contributed by atoms with van der Waals surface area (Å²) < 4.78 is 0. The van der Waals surface area contributed by atoms with Gasteiger partial charge in [0.15, 0.2) is 0 Å². The minimum atomic E-state index is -1.88. The number of hydrogen-bond donors (Lipinski definition) is 2. The molecule has 0 heterocycles. The Hall–Kier alpha value is -2.64. The molecule has 0 saturated heterocycles. The van der Waals surface area contributed by atoms with E-state index in [2.05, 4.69) is 97.7 Å². The first-order valence-corrected chi connectivity index (χ1v) is 10.1. The van der Waals surface area contributed by atoms with Crippen molar-refractivity contribution in [1.82, 2.24) is 0 Å². The van der Waals surface area contributed by atoms with E-state index >= 15 is 0 Å². The number of rotatable bonds is 3. The molecule has 0 fully saturated rings. The Balaban J connectivity index is 0.000000471. The van der Waals surface area contributed by atoms with Gasteiger partial charge in [-0.25, -0.2) is 4.79 Å². The van der Waals surface area contributed by atoms with Crippen molar-refractivity contribution in [2.45, 2.75) is 0 Å². The average Bonchev–Trinajstić information content (AvgIpc) is 2.63. The van der Waals surface area contributed by atoms with Crippen molar-refractivity contribution in [2.75, 3.05) is 6.66 Å². The van der Waals surface area contributed by atoms with E-state index in [0.717, 1.165) is 0 Å². The molecule has 3 rings (SSSR count). The van der Waals surface area contributed by atoms with Gasteiger partial charge in [-0.15, -0.1) is 0 Å². The van der Waals surface area contributed by atoms with E-state index in [1.165, 1.54) is 15.9 Å². The maximum absolute atomic E-state index is 8.56. The van der Waals surface area contributed by atoms with Crippen molar-refractivity contribution in [1.29, 1.82) is 0 Å². The van der Waals surface area contributed by atoms with Gasteiger partial charge in [-0.2, -0.15) is 0 Å². The first-order valence-electron chi connectivity index (χ1n) is 7.63. The monoisotopic (exact) mass is 340 g/mol. The van der Waals surface area contributed by atoms with E-state index in [1.54, 1.807) is 0 Å². The van der Waals surface area contributed by atoms with Gasteiger partial charge in [0.05, 0.1) is 0 Å². The van der Waals surface area contributed by atoms with Crippen molar-refractivity contribution >= 4 is 29.3 Å². The average molecular weight is 340 g/mol. The van der Waals surface area contributed by atoms with Crippen molar-refractivity contribution in [2.24, 2.45) is 0 Å². The summed E-state index contributed by atoms with van der Waals surface area (Å²) >= 11 is 0. The number of hydrogen-bond acceptors (Lipinski definition) is 1. The van der Waals surface area contributed by atoms with E-state index in [0.29, 0.717) is 0 Å². The Bertz CT molecular complexity index is 658. The zero-order chi connectivity index (χ0) is 17.4. The third-order valence-electron chi connectivity index (χ3n) is 4.05. The molecule has 0 aliphatic carbocycles. The first kappa shape index (κ1) is 17.7. The predicted octanol–water partition coefficient (Wildman–Crippen LogP) is 3.57. The summed E-state index contributed by atoms with van der Waals surface area (Å²) in [5, 5.41) is 18.3. The van der Waals surface area contributed by atoms with Crippen LogP contribution in [0.4, 0.5) is 4.79 Å². The van der Waals surface area contributed by atoms with Crippen molar-refractivity contribution in [3.8, 4) is 0 Å². The molecule has 0 amide bonds. The molecule has 3 nitrogen and oxygen atoms in total. The zero-order valence-corrected chi connectivity index (χ0v) is 14.5. The third kappa shape index (κ3) is 4.21. The minimum absolute atomic E-state index is 1.46. The maximum atomic E-state index is 8.56.